The highest BCUT2D eigenvalue weighted by atomic mass is 35.5. The van der Waals surface area contributed by atoms with Gasteiger partial charge in [0.2, 0.25) is 0 Å². The van der Waals surface area contributed by atoms with E-state index in [1.807, 2.05) is 6.34 Å². The van der Waals surface area contributed by atoms with Crippen LogP contribution in [0.1, 0.15) is 103 Å². The summed E-state index contributed by atoms with van der Waals surface area (Å²) in [6, 6.07) is 0. The SMILES string of the molecule is CCCCCCCCCCCCCCCCC=C[N+]1(CCO)C=NCC1.[Cl-]. The van der Waals surface area contributed by atoms with Crippen LogP contribution in [0.3, 0.4) is 0 Å². The van der Waals surface area contributed by atoms with Crippen molar-refractivity contribution in [2.45, 2.75) is 103 Å². The number of aliphatic imine (C=N–C) groups is 1. The maximum absolute atomic E-state index is 9.22. The molecule has 1 aliphatic rings. The van der Waals surface area contributed by atoms with E-state index in [1.54, 1.807) is 0 Å². The minimum atomic E-state index is 0. The molecule has 0 bridgehead atoms. The number of quaternary nitrogens is 1. The predicted molar refractivity (Wildman–Crippen MR) is 115 cm³/mol. The molecule has 0 aromatic heterocycles. The molecule has 0 aromatic carbocycles. The molecule has 27 heavy (non-hydrogen) atoms. The van der Waals surface area contributed by atoms with E-state index >= 15 is 0 Å². The molecule has 1 N–H and O–H groups in total. The lowest BCUT2D eigenvalue weighted by Gasteiger charge is -2.24. The molecule has 160 valence electrons. The Balaban J connectivity index is 0.00000676. The van der Waals surface area contributed by atoms with Gasteiger partial charge >= 0.3 is 0 Å². The van der Waals surface area contributed by atoms with Crippen LogP contribution in [0.5, 0.6) is 0 Å². The number of aliphatic hydroxyl groups excluding tert-OH is 1. The topological polar surface area (TPSA) is 32.6 Å². The average molecular weight is 401 g/mol. The summed E-state index contributed by atoms with van der Waals surface area (Å²) < 4.78 is 0.745. The molecule has 0 aromatic rings. The van der Waals surface area contributed by atoms with Crippen molar-refractivity contribution < 1.29 is 22.0 Å². The molecule has 1 heterocycles. The summed E-state index contributed by atoms with van der Waals surface area (Å²) in [6.45, 7) is 5.18. The van der Waals surface area contributed by atoms with Crippen LogP contribution in [-0.2, 0) is 0 Å². The summed E-state index contributed by atoms with van der Waals surface area (Å²) in [5.74, 6) is 0. The van der Waals surface area contributed by atoms with E-state index in [9.17, 15) is 5.11 Å². The highest BCUT2D eigenvalue weighted by Gasteiger charge is 2.25. The molecule has 0 spiro atoms. The van der Waals surface area contributed by atoms with Crippen LogP contribution in [0, 0.1) is 0 Å². The minimum Gasteiger partial charge on any atom is -1.00 e. The number of nitrogens with zero attached hydrogens (tertiary/aromatic N) is 2. The molecule has 1 atom stereocenters. The van der Waals surface area contributed by atoms with Crippen LogP contribution in [-0.4, -0.2) is 42.2 Å². The van der Waals surface area contributed by atoms with E-state index in [-0.39, 0.29) is 19.0 Å². The Morgan fingerprint density at radius 3 is 1.81 bits per heavy atom. The number of halogens is 1. The fraction of sp³-hybridized carbons (Fsp3) is 0.870. The predicted octanol–water partition coefficient (Wildman–Crippen LogP) is 3.23. The molecule has 0 amide bonds. The second-order valence-corrected chi connectivity index (χ2v) is 8.07. The van der Waals surface area contributed by atoms with Crippen LogP contribution >= 0.6 is 0 Å². The van der Waals surface area contributed by atoms with Gasteiger partial charge in [0.25, 0.3) is 0 Å². The second-order valence-electron chi connectivity index (χ2n) is 8.07. The summed E-state index contributed by atoms with van der Waals surface area (Å²) in [5, 5.41) is 9.22. The molecule has 3 nitrogen and oxygen atoms in total. The van der Waals surface area contributed by atoms with Gasteiger partial charge in [-0.2, -0.15) is 0 Å². The molecular formula is C23H45ClN2O. The minimum absolute atomic E-state index is 0. The standard InChI is InChI=1S/C23H45N2O.ClH/c1-2-3-4-5-6-7-8-9-10-11-12-13-14-15-16-17-19-25(21-22-26)20-18-24-23-25;/h17,19,23,26H,2-16,18,20-22H2,1H3;1H/q+1;/p-1. The van der Waals surface area contributed by atoms with E-state index < -0.39 is 0 Å². The lowest BCUT2D eigenvalue weighted by Crippen LogP contribution is -3.00. The van der Waals surface area contributed by atoms with E-state index in [1.165, 1.54) is 89.9 Å². The highest BCUT2D eigenvalue weighted by Crippen LogP contribution is 2.14. The van der Waals surface area contributed by atoms with Crippen molar-refractivity contribution in [3.63, 3.8) is 0 Å². The van der Waals surface area contributed by atoms with E-state index in [2.05, 4.69) is 24.2 Å². The van der Waals surface area contributed by atoms with Crippen LogP contribution in [0.4, 0.5) is 0 Å². The maximum Gasteiger partial charge on any atom is 0.190 e. The number of hydrogen-bond donors (Lipinski definition) is 1. The number of rotatable bonds is 18. The van der Waals surface area contributed by atoms with Gasteiger partial charge in [0.1, 0.15) is 13.1 Å². The van der Waals surface area contributed by atoms with Gasteiger partial charge in [-0.25, -0.2) is 4.99 Å². The van der Waals surface area contributed by atoms with E-state index in [0.717, 1.165) is 30.5 Å². The molecule has 0 saturated heterocycles. The van der Waals surface area contributed by atoms with Crippen molar-refractivity contribution in [1.82, 2.24) is 0 Å². The van der Waals surface area contributed by atoms with E-state index in [4.69, 9.17) is 0 Å². The first-order valence-electron chi connectivity index (χ1n) is 11.5. The third-order valence-corrected chi connectivity index (χ3v) is 5.60. The van der Waals surface area contributed by atoms with Crippen molar-refractivity contribution in [3.8, 4) is 0 Å². The van der Waals surface area contributed by atoms with Gasteiger partial charge in [-0.15, -0.1) is 0 Å². The van der Waals surface area contributed by atoms with Gasteiger partial charge in [0.15, 0.2) is 6.34 Å². The smallest absolute Gasteiger partial charge is 0.190 e. The Morgan fingerprint density at radius 2 is 1.37 bits per heavy atom. The average Bonchev–Trinajstić information content (AvgIpc) is 3.10. The summed E-state index contributed by atoms with van der Waals surface area (Å²) in [5.41, 5.74) is 0. The van der Waals surface area contributed by atoms with Crippen molar-refractivity contribution in [2.24, 2.45) is 4.99 Å². The zero-order chi connectivity index (χ0) is 18.8. The molecule has 0 radical (unpaired) electrons. The maximum atomic E-state index is 9.22. The van der Waals surface area contributed by atoms with Gasteiger partial charge in [-0.3, -0.25) is 4.48 Å². The van der Waals surface area contributed by atoms with Crippen LogP contribution in [0.2, 0.25) is 0 Å². The lowest BCUT2D eigenvalue weighted by molar-refractivity contribution is -0.775. The van der Waals surface area contributed by atoms with Gasteiger partial charge in [-0.05, 0) is 18.9 Å². The fourth-order valence-electron chi connectivity index (χ4n) is 3.81. The Bertz CT molecular complexity index is 373. The summed E-state index contributed by atoms with van der Waals surface area (Å²) in [4.78, 5) is 4.33. The first-order valence-corrected chi connectivity index (χ1v) is 11.5. The van der Waals surface area contributed by atoms with Crippen LogP contribution < -0.4 is 12.4 Å². The van der Waals surface area contributed by atoms with Crippen molar-refractivity contribution in [1.29, 1.82) is 0 Å². The highest BCUT2D eigenvalue weighted by molar-refractivity contribution is 5.49. The van der Waals surface area contributed by atoms with Gasteiger partial charge in [-0.1, -0.05) is 90.4 Å². The van der Waals surface area contributed by atoms with Crippen molar-refractivity contribution in [2.75, 3.05) is 26.2 Å². The lowest BCUT2D eigenvalue weighted by atomic mass is 10.0. The van der Waals surface area contributed by atoms with E-state index in [0.29, 0.717) is 0 Å². The quantitative estimate of drug-likeness (QED) is 0.278. The second kappa shape index (κ2) is 19.0. The van der Waals surface area contributed by atoms with Gasteiger partial charge < -0.3 is 17.5 Å². The summed E-state index contributed by atoms with van der Waals surface area (Å²) in [6.07, 6.45) is 27.5. The monoisotopic (exact) mass is 400 g/mol. The molecular weight excluding hydrogens is 356 g/mol. The zero-order valence-corrected chi connectivity index (χ0v) is 18.6. The molecule has 1 rings (SSSR count). The van der Waals surface area contributed by atoms with Gasteiger partial charge in [0, 0.05) is 0 Å². The Morgan fingerprint density at radius 1 is 0.852 bits per heavy atom. The fourth-order valence-corrected chi connectivity index (χ4v) is 3.81. The number of allylic oxidation sites excluding steroid dienone is 1. The normalized spacial score (nSPS) is 19.0. The largest absolute Gasteiger partial charge is 1.00 e. The molecule has 1 aliphatic heterocycles. The Hall–Kier alpha value is -0.380. The van der Waals surface area contributed by atoms with Crippen LogP contribution in [0.15, 0.2) is 17.3 Å². The zero-order valence-electron chi connectivity index (χ0n) is 17.9. The first-order chi connectivity index (χ1) is 12.8. The van der Waals surface area contributed by atoms with Crippen molar-refractivity contribution in [3.05, 3.63) is 12.3 Å². The third kappa shape index (κ3) is 14.3. The molecule has 0 aliphatic carbocycles. The summed E-state index contributed by atoms with van der Waals surface area (Å²) >= 11 is 0. The first kappa shape index (κ1) is 26.6. The molecule has 1 unspecified atom stereocenters. The van der Waals surface area contributed by atoms with Crippen LogP contribution in [0.25, 0.3) is 0 Å². The molecule has 4 heteroatoms. The number of hydrogen-bond acceptors (Lipinski definition) is 2. The third-order valence-electron chi connectivity index (χ3n) is 5.60. The number of aliphatic hydroxyl groups is 1. The Labute approximate surface area is 175 Å². The van der Waals surface area contributed by atoms with Crippen molar-refractivity contribution >= 4 is 6.34 Å². The van der Waals surface area contributed by atoms with Gasteiger partial charge in [0.05, 0.1) is 19.4 Å². The molecule has 0 fully saturated rings. The molecule has 0 saturated carbocycles. The summed E-state index contributed by atoms with van der Waals surface area (Å²) in [7, 11) is 0. The number of unbranched alkanes of at least 4 members (excludes halogenated alkanes) is 14. The Kier molecular flexibility index (Phi) is 18.7.